The number of hydrogen-bond acceptors (Lipinski definition) is 4. The van der Waals surface area contributed by atoms with Gasteiger partial charge < -0.3 is 5.11 Å². The summed E-state index contributed by atoms with van der Waals surface area (Å²) >= 11 is 1.70. The van der Waals surface area contributed by atoms with E-state index in [1.807, 2.05) is 23.6 Å². The molecule has 0 fully saturated rings. The Morgan fingerprint density at radius 1 is 1.56 bits per heavy atom. The maximum absolute atomic E-state index is 9.19. The predicted molar refractivity (Wildman–Crippen MR) is 65.2 cm³/mol. The summed E-state index contributed by atoms with van der Waals surface area (Å²) < 4.78 is 25.9. The van der Waals surface area contributed by atoms with Gasteiger partial charge in [0.15, 0.2) is 0 Å². The molecule has 0 aliphatic heterocycles. The van der Waals surface area contributed by atoms with E-state index in [-0.39, 0.29) is 0 Å². The summed E-state index contributed by atoms with van der Waals surface area (Å²) in [5.41, 5.74) is 0. The highest BCUT2D eigenvalue weighted by Gasteiger charge is 1.81. The van der Waals surface area contributed by atoms with Gasteiger partial charge in [-0.05, 0) is 11.4 Å². The van der Waals surface area contributed by atoms with Crippen molar-refractivity contribution in [3.8, 4) is 0 Å². The van der Waals surface area contributed by atoms with Crippen molar-refractivity contribution in [2.75, 3.05) is 6.26 Å². The minimum absolute atomic E-state index is 0.715. The van der Waals surface area contributed by atoms with Crippen LogP contribution >= 0.6 is 11.3 Å². The molecule has 1 rings (SSSR count). The lowest BCUT2D eigenvalue weighted by molar-refractivity contribution is -0.134. The lowest BCUT2D eigenvalue weighted by Gasteiger charge is -1.71. The van der Waals surface area contributed by atoms with Crippen molar-refractivity contribution in [1.82, 2.24) is 0 Å². The zero-order chi connectivity index (χ0) is 13.2. The molecule has 16 heavy (non-hydrogen) atoms. The number of carboxylic acids is 1. The molecule has 0 aliphatic carbocycles. The van der Waals surface area contributed by atoms with Crippen molar-refractivity contribution in [1.29, 1.82) is 0 Å². The first-order valence-corrected chi connectivity index (χ1v) is 6.67. The van der Waals surface area contributed by atoms with E-state index in [9.17, 15) is 8.42 Å². The minimum atomic E-state index is -3.67. The molecule has 92 valence electrons. The zero-order valence-corrected chi connectivity index (χ0v) is 10.6. The van der Waals surface area contributed by atoms with Crippen LogP contribution in [0.25, 0.3) is 6.08 Å². The van der Waals surface area contributed by atoms with Crippen molar-refractivity contribution in [2.45, 2.75) is 6.92 Å². The van der Waals surface area contributed by atoms with Crippen molar-refractivity contribution in [2.24, 2.45) is 0 Å². The quantitative estimate of drug-likeness (QED) is 0.758. The average molecular weight is 266 g/mol. The van der Waals surface area contributed by atoms with E-state index in [1.54, 1.807) is 11.3 Å². The number of rotatable bonds is 1. The van der Waals surface area contributed by atoms with Crippen LogP contribution in [-0.2, 0) is 14.9 Å². The Bertz CT molecular complexity index is 380. The summed E-state index contributed by atoms with van der Waals surface area (Å²) in [6.45, 7) is 4.70. The second kappa shape index (κ2) is 9.08. The molecule has 0 aromatic carbocycles. The van der Waals surface area contributed by atoms with E-state index >= 15 is 0 Å². The maximum Gasteiger partial charge on any atom is 0.300 e. The molecule has 0 unspecified atom stereocenters. The molecule has 1 aromatic rings. The van der Waals surface area contributed by atoms with E-state index in [4.69, 9.17) is 14.5 Å². The average Bonchev–Trinajstić information content (AvgIpc) is 2.50. The number of thiophene rings is 1. The predicted octanol–water partition coefficient (Wildman–Crippen LogP) is 1.99. The Morgan fingerprint density at radius 3 is 2.06 bits per heavy atom. The van der Waals surface area contributed by atoms with Crippen LogP contribution in [0.2, 0.25) is 0 Å². The second-order valence-corrected chi connectivity index (χ2v) is 4.92. The highest BCUT2D eigenvalue weighted by atomic mass is 32.2. The van der Waals surface area contributed by atoms with E-state index in [1.165, 1.54) is 4.88 Å². The van der Waals surface area contributed by atoms with Gasteiger partial charge in [-0.25, -0.2) is 0 Å². The monoisotopic (exact) mass is 266 g/mol. The van der Waals surface area contributed by atoms with Gasteiger partial charge in [0.25, 0.3) is 16.1 Å². The van der Waals surface area contributed by atoms with Crippen LogP contribution in [-0.4, -0.2) is 30.3 Å². The second-order valence-electron chi connectivity index (χ2n) is 2.47. The van der Waals surface area contributed by atoms with Gasteiger partial charge in [-0.2, -0.15) is 8.42 Å². The van der Waals surface area contributed by atoms with E-state index in [2.05, 4.69) is 6.58 Å². The summed E-state index contributed by atoms with van der Waals surface area (Å²) in [4.78, 5) is 10.2. The van der Waals surface area contributed by atoms with Crippen LogP contribution in [0.5, 0.6) is 0 Å². The van der Waals surface area contributed by atoms with Gasteiger partial charge in [-0.15, -0.1) is 11.3 Å². The fraction of sp³-hybridized carbons (Fsp3) is 0.222. The Kier molecular flexibility index (Phi) is 9.77. The highest BCUT2D eigenvalue weighted by Crippen LogP contribution is 2.07. The van der Waals surface area contributed by atoms with Crippen LogP contribution in [0, 0.1) is 0 Å². The Balaban J connectivity index is 0. The third-order valence-electron chi connectivity index (χ3n) is 0.744. The van der Waals surface area contributed by atoms with E-state index < -0.39 is 16.1 Å². The maximum atomic E-state index is 9.19. The molecule has 0 amide bonds. The molecule has 0 spiro atoms. The molecule has 0 atom stereocenters. The standard InChI is InChI=1S/C6H6S.C2H4O2.CH4O3S/c1-2-6-4-3-5-7-6;1-2(3)4;1-5(2,3)4/h2-5H,1H2;1H3,(H,3,4);1H3,(H,2,3,4). The number of carbonyl (C=O) groups is 1. The Labute approximate surface area is 98.8 Å². The van der Waals surface area contributed by atoms with Crippen molar-refractivity contribution in [3.63, 3.8) is 0 Å². The topological polar surface area (TPSA) is 91.7 Å². The first-order chi connectivity index (χ1) is 7.16. The molecular weight excluding hydrogens is 252 g/mol. The third kappa shape index (κ3) is 29.3. The normalized spacial score (nSPS) is 8.94. The summed E-state index contributed by atoms with van der Waals surface area (Å²) in [7, 11) is -3.67. The summed E-state index contributed by atoms with van der Waals surface area (Å²) in [6, 6.07) is 4.05. The van der Waals surface area contributed by atoms with Gasteiger partial charge in [0.1, 0.15) is 0 Å². The van der Waals surface area contributed by atoms with E-state index in [0.29, 0.717) is 6.26 Å². The molecule has 5 nitrogen and oxygen atoms in total. The minimum Gasteiger partial charge on any atom is -0.481 e. The Morgan fingerprint density at radius 2 is 1.94 bits per heavy atom. The number of aliphatic carboxylic acids is 1. The molecule has 0 saturated heterocycles. The molecule has 0 saturated carbocycles. The molecular formula is C9H14O5S2. The summed E-state index contributed by atoms with van der Waals surface area (Å²) in [5.74, 6) is -0.833. The van der Waals surface area contributed by atoms with E-state index in [0.717, 1.165) is 6.92 Å². The van der Waals surface area contributed by atoms with Crippen molar-refractivity contribution in [3.05, 3.63) is 29.0 Å². The van der Waals surface area contributed by atoms with Gasteiger partial charge in [0.05, 0.1) is 6.26 Å². The first kappa shape index (κ1) is 17.2. The van der Waals surface area contributed by atoms with Gasteiger partial charge >= 0.3 is 0 Å². The lowest BCUT2D eigenvalue weighted by Crippen LogP contribution is -1.88. The number of carboxylic acid groups (broad SMARTS) is 1. The van der Waals surface area contributed by atoms with Crippen LogP contribution in [0.1, 0.15) is 11.8 Å². The fourth-order valence-electron chi connectivity index (χ4n) is 0.407. The van der Waals surface area contributed by atoms with Gasteiger partial charge in [-0.3, -0.25) is 9.35 Å². The molecule has 0 aliphatic rings. The summed E-state index contributed by atoms with van der Waals surface area (Å²) in [5, 5.41) is 9.46. The van der Waals surface area contributed by atoms with Gasteiger partial charge in [0, 0.05) is 11.8 Å². The zero-order valence-electron chi connectivity index (χ0n) is 8.95. The highest BCUT2D eigenvalue weighted by molar-refractivity contribution is 7.85. The molecule has 0 bridgehead atoms. The largest absolute Gasteiger partial charge is 0.481 e. The summed E-state index contributed by atoms with van der Waals surface area (Å²) in [6.07, 6.45) is 2.57. The molecule has 0 radical (unpaired) electrons. The smallest absolute Gasteiger partial charge is 0.300 e. The number of hydrogen-bond donors (Lipinski definition) is 2. The SMILES string of the molecule is C=Cc1cccs1.CC(=O)O.CS(=O)(=O)O. The molecule has 1 heterocycles. The molecule has 1 aromatic heterocycles. The van der Waals surface area contributed by atoms with Crippen molar-refractivity contribution >= 4 is 33.5 Å². The van der Waals surface area contributed by atoms with Crippen LogP contribution in [0.4, 0.5) is 0 Å². The van der Waals surface area contributed by atoms with Gasteiger partial charge in [0.2, 0.25) is 0 Å². The van der Waals surface area contributed by atoms with Crippen LogP contribution in [0.3, 0.4) is 0 Å². The molecule has 7 heteroatoms. The first-order valence-electron chi connectivity index (χ1n) is 3.94. The Hall–Kier alpha value is -1.18. The third-order valence-corrected chi connectivity index (χ3v) is 1.61. The fourth-order valence-corrected chi connectivity index (χ4v) is 0.975. The molecule has 2 N–H and O–H groups in total. The van der Waals surface area contributed by atoms with Crippen LogP contribution < -0.4 is 0 Å². The van der Waals surface area contributed by atoms with Crippen LogP contribution in [0.15, 0.2) is 24.1 Å². The lowest BCUT2D eigenvalue weighted by atomic mass is 10.5. The van der Waals surface area contributed by atoms with Gasteiger partial charge in [-0.1, -0.05) is 18.7 Å². The van der Waals surface area contributed by atoms with Crippen molar-refractivity contribution < 1.29 is 22.9 Å².